The normalized spacial score (nSPS) is 14.8. The van der Waals surface area contributed by atoms with Crippen LogP contribution < -0.4 is 4.90 Å². The van der Waals surface area contributed by atoms with E-state index in [9.17, 15) is 9.18 Å². The summed E-state index contributed by atoms with van der Waals surface area (Å²) in [5.74, 6) is -0.512. The van der Waals surface area contributed by atoms with Crippen LogP contribution in [0.1, 0.15) is 21.5 Å². The monoisotopic (exact) mass is 346 g/mol. The molecule has 1 saturated heterocycles. The third-order valence-corrected chi connectivity index (χ3v) is 4.64. The lowest BCUT2D eigenvalue weighted by atomic mass is 10.1. The SMILES string of the molecule is Cc1cc(C)c(N2CCN(C(=O)c3cccc(F)c3)CC2)c(Cl)c1. The summed E-state index contributed by atoms with van der Waals surface area (Å²) >= 11 is 6.42. The zero-order valence-electron chi connectivity index (χ0n) is 13.9. The van der Waals surface area contributed by atoms with Gasteiger partial charge in [0.15, 0.2) is 0 Å². The minimum atomic E-state index is -0.387. The van der Waals surface area contributed by atoms with Crippen molar-refractivity contribution >= 4 is 23.2 Å². The molecular weight excluding hydrogens is 327 g/mol. The van der Waals surface area contributed by atoms with Gasteiger partial charge in [-0.05, 0) is 49.2 Å². The number of benzene rings is 2. The average molecular weight is 347 g/mol. The van der Waals surface area contributed by atoms with Crippen LogP contribution in [0.2, 0.25) is 5.02 Å². The van der Waals surface area contributed by atoms with Crippen molar-refractivity contribution in [3.63, 3.8) is 0 Å². The molecule has 0 atom stereocenters. The van der Waals surface area contributed by atoms with Crippen LogP contribution in [0.25, 0.3) is 0 Å². The highest BCUT2D eigenvalue weighted by molar-refractivity contribution is 6.33. The molecule has 0 spiro atoms. The van der Waals surface area contributed by atoms with Gasteiger partial charge in [0, 0.05) is 31.7 Å². The first-order valence-corrected chi connectivity index (χ1v) is 8.40. The van der Waals surface area contributed by atoms with Crippen LogP contribution in [0, 0.1) is 19.7 Å². The summed E-state index contributed by atoms with van der Waals surface area (Å²) in [6.07, 6.45) is 0. The van der Waals surface area contributed by atoms with Crippen LogP contribution in [0.4, 0.5) is 10.1 Å². The highest BCUT2D eigenvalue weighted by atomic mass is 35.5. The van der Waals surface area contributed by atoms with E-state index in [4.69, 9.17) is 11.6 Å². The summed E-state index contributed by atoms with van der Waals surface area (Å²) in [4.78, 5) is 16.5. The van der Waals surface area contributed by atoms with Crippen LogP contribution in [0.3, 0.4) is 0 Å². The zero-order valence-corrected chi connectivity index (χ0v) is 14.6. The predicted octanol–water partition coefficient (Wildman–Crippen LogP) is 4.06. The standard InChI is InChI=1S/C19H20ClFN2O/c1-13-10-14(2)18(17(20)11-13)22-6-8-23(9-7-22)19(24)15-4-3-5-16(21)12-15/h3-5,10-12H,6-9H2,1-2H3. The maximum atomic E-state index is 13.3. The maximum absolute atomic E-state index is 13.3. The number of hydrogen-bond donors (Lipinski definition) is 0. The van der Waals surface area contributed by atoms with Crippen molar-refractivity contribution in [3.05, 3.63) is 63.9 Å². The summed E-state index contributed by atoms with van der Waals surface area (Å²) in [6, 6.07) is 9.93. The molecule has 0 aromatic heterocycles. The molecule has 126 valence electrons. The molecule has 0 bridgehead atoms. The lowest BCUT2D eigenvalue weighted by molar-refractivity contribution is 0.0746. The summed E-state index contributed by atoms with van der Waals surface area (Å²) in [5, 5.41) is 0.748. The topological polar surface area (TPSA) is 23.6 Å². The molecule has 0 saturated carbocycles. The zero-order chi connectivity index (χ0) is 17.3. The molecule has 0 N–H and O–H groups in total. The van der Waals surface area contributed by atoms with Crippen LogP contribution in [-0.2, 0) is 0 Å². The predicted molar refractivity (Wildman–Crippen MR) is 95.4 cm³/mol. The molecule has 1 amide bonds. The van der Waals surface area contributed by atoms with Gasteiger partial charge in [0.05, 0.1) is 10.7 Å². The quantitative estimate of drug-likeness (QED) is 0.818. The Morgan fingerprint density at radius 1 is 1.08 bits per heavy atom. The number of rotatable bonds is 2. The minimum absolute atomic E-state index is 0.124. The second-order valence-electron chi connectivity index (χ2n) is 6.20. The number of amides is 1. The van der Waals surface area contributed by atoms with Gasteiger partial charge in [0.1, 0.15) is 5.82 Å². The van der Waals surface area contributed by atoms with E-state index in [-0.39, 0.29) is 11.7 Å². The number of carbonyl (C=O) groups excluding carboxylic acids is 1. The molecule has 2 aromatic carbocycles. The molecule has 0 radical (unpaired) electrons. The number of hydrogen-bond acceptors (Lipinski definition) is 2. The van der Waals surface area contributed by atoms with E-state index in [0.717, 1.165) is 21.8 Å². The van der Waals surface area contributed by atoms with Gasteiger partial charge in [0.2, 0.25) is 0 Å². The summed E-state index contributed by atoms with van der Waals surface area (Å²) in [5.41, 5.74) is 3.72. The van der Waals surface area contributed by atoms with Gasteiger partial charge < -0.3 is 9.80 Å². The Bertz CT molecular complexity index is 747. The third-order valence-electron chi connectivity index (χ3n) is 4.35. The van der Waals surface area contributed by atoms with Gasteiger partial charge in [-0.2, -0.15) is 0 Å². The summed E-state index contributed by atoms with van der Waals surface area (Å²) in [6.45, 7) is 6.70. The number of piperazine rings is 1. The third kappa shape index (κ3) is 3.39. The van der Waals surface area contributed by atoms with Gasteiger partial charge in [0.25, 0.3) is 5.91 Å². The van der Waals surface area contributed by atoms with Gasteiger partial charge in [-0.15, -0.1) is 0 Å². The fraction of sp³-hybridized carbons (Fsp3) is 0.316. The Labute approximate surface area is 146 Å². The number of halogens is 2. The number of carbonyl (C=O) groups is 1. The van der Waals surface area contributed by atoms with E-state index in [1.54, 1.807) is 17.0 Å². The Morgan fingerprint density at radius 2 is 1.79 bits per heavy atom. The highest BCUT2D eigenvalue weighted by Gasteiger charge is 2.24. The van der Waals surface area contributed by atoms with Gasteiger partial charge >= 0.3 is 0 Å². The Balaban J connectivity index is 1.71. The fourth-order valence-electron chi connectivity index (χ4n) is 3.25. The van der Waals surface area contributed by atoms with Crippen molar-refractivity contribution in [1.29, 1.82) is 0 Å². The van der Waals surface area contributed by atoms with Crippen molar-refractivity contribution in [3.8, 4) is 0 Å². The molecule has 2 aromatic rings. The molecule has 0 unspecified atom stereocenters. The van der Waals surface area contributed by atoms with Crippen molar-refractivity contribution in [2.45, 2.75) is 13.8 Å². The molecule has 0 aliphatic carbocycles. The lowest BCUT2D eigenvalue weighted by Gasteiger charge is -2.37. The van der Waals surface area contributed by atoms with E-state index in [1.807, 2.05) is 13.0 Å². The molecule has 5 heteroatoms. The smallest absolute Gasteiger partial charge is 0.254 e. The average Bonchev–Trinajstić information content (AvgIpc) is 2.54. The van der Waals surface area contributed by atoms with Crippen molar-refractivity contribution < 1.29 is 9.18 Å². The first kappa shape index (κ1) is 16.8. The molecule has 1 aliphatic heterocycles. The molecule has 1 aliphatic rings. The first-order valence-electron chi connectivity index (χ1n) is 8.02. The van der Waals surface area contributed by atoms with Gasteiger partial charge in [-0.1, -0.05) is 23.7 Å². The first-order chi connectivity index (χ1) is 11.5. The van der Waals surface area contributed by atoms with Crippen LogP contribution in [-0.4, -0.2) is 37.0 Å². The van der Waals surface area contributed by atoms with Crippen molar-refractivity contribution in [1.82, 2.24) is 4.90 Å². The number of aryl methyl sites for hydroxylation is 2. The number of nitrogens with zero attached hydrogens (tertiary/aromatic N) is 2. The Morgan fingerprint density at radius 3 is 2.42 bits per heavy atom. The van der Waals surface area contributed by atoms with Crippen molar-refractivity contribution in [2.24, 2.45) is 0 Å². The maximum Gasteiger partial charge on any atom is 0.254 e. The van der Waals surface area contributed by atoms with Crippen LogP contribution >= 0.6 is 11.6 Å². The second kappa shape index (κ2) is 6.81. The van der Waals surface area contributed by atoms with E-state index in [1.165, 1.54) is 12.1 Å². The molecule has 24 heavy (non-hydrogen) atoms. The summed E-state index contributed by atoms with van der Waals surface area (Å²) in [7, 11) is 0. The fourth-order valence-corrected chi connectivity index (χ4v) is 3.69. The van der Waals surface area contributed by atoms with E-state index in [2.05, 4.69) is 17.9 Å². The van der Waals surface area contributed by atoms with E-state index >= 15 is 0 Å². The lowest BCUT2D eigenvalue weighted by Crippen LogP contribution is -2.49. The van der Waals surface area contributed by atoms with Gasteiger partial charge in [-0.3, -0.25) is 4.79 Å². The van der Waals surface area contributed by atoms with Gasteiger partial charge in [-0.25, -0.2) is 4.39 Å². The second-order valence-corrected chi connectivity index (χ2v) is 6.61. The van der Waals surface area contributed by atoms with Crippen molar-refractivity contribution in [2.75, 3.05) is 31.1 Å². The molecule has 3 nitrogen and oxygen atoms in total. The van der Waals surface area contributed by atoms with Crippen LogP contribution in [0.15, 0.2) is 36.4 Å². The molecule has 1 heterocycles. The number of anilines is 1. The Hall–Kier alpha value is -2.07. The molecular formula is C19H20ClFN2O. The van der Waals surface area contributed by atoms with E-state index in [0.29, 0.717) is 31.7 Å². The molecule has 1 fully saturated rings. The summed E-state index contributed by atoms with van der Waals surface area (Å²) < 4.78 is 13.3. The van der Waals surface area contributed by atoms with E-state index < -0.39 is 0 Å². The minimum Gasteiger partial charge on any atom is -0.367 e. The molecule has 3 rings (SSSR count). The Kier molecular flexibility index (Phi) is 4.76. The largest absolute Gasteiger partial charge is 0.367 e. The van der Waals surface area contributed by atoms with Crippen LogP contribution in [0.5, 0.6) is 0 Å². The highest BCUT2D eigenvalue weighted by Crippen LogP contribution is 2.31.